The number of aromatic nitrogens is 2. The number of methoxy groups -OCH3 is 2. The number of amides is 1. The Hall–Kier alpha value is -4.98. The molecule has 0 unspecified atom stereocenters. The number of hydrogen-bond acceptors (Lipinski definition) is 8. The summed E-state index contributed by atoms with van der Waals surface area (Å²) in [6, 6.07) is 14.5. The summed E-state index contributed by atoms with van der Waals surface area (Å²) in [5.41, 5.74) is 7.49. The highest BCUT2D eigenvalue weighted by atomic mass is 16.5. The van der Waals surface area contributed by atoms with Crippen LogP contribution in [0.15, 0.2) is 70.9 Å². The molecule has 10 heteroatoms. The van der Waals surface area contributed by atoms with Crippen molar-refractivity contribution in [3.63, 3.8) is 0 Å². The lowest BCUT2D eigenvalue weighted by atomic mass is 9.76. The van der Waals surface area contributed by atoms with Crippen LogP contribution in [0.5, 0.6) is 11.5 Å². The molecule has 0 spiro atoms. The molecule has 3 aliphatic rings. The smallest absolute Gasteiger partial charge is 0.265 e. The van der Waals surface area contributed by atoms with Gasteiger partial charge < -0.3 is 18.9 Å². The Morgan fingerprint density at radius 3 is 2.26 bits per heavy atom. The minimum absolute atomic E-state index is 0.0864. The summed E-state index contributed by atoms with van der Waals surface area (Å²) >= 11 is 0. The number of benzene rings is 2. The average Bonchev–Trinajstić information content (AvgIpc) is 3.43. The fraction of sp³-hybridized carbons (Fsp3) is 0.400. The van der Waals surface area contributed by atoms with Crippen molar-refractivity contribution in [3.8, 4) is 28.7 Å². The first kappa shape index (κ1) is 33.5. The summed E-state index contributed by atoms with van der Waals surface area (Å²) in [5.74, 6) is 1.36. The van der Waals surface area contributed by atoms with Crippen molar-refractivity contribution in [1.29, 1.82) is 5.26 Å². The molecular weight excluding hydrogens is 628 g/mol. The number of hydrogen-bond donors (Lipinski definition) is 0. The van der Waals surface area contributed by atoms with E-state index in [0.29, 0.717) is 24.0 Å². The highest BCUT2D eigenvalue weighted by molar-refractivity contribution is 6.02. The summed E-state index contributed by atoms with van der Waals surface area (Å²) in [5, 5.41) is 11.3. The van der Waals surface area contributed by atoms with E-state index in [2.05, 4.69) is 59.8 Å². The minimum atomic E-state index is -0.291. The number of fused-ring (bicyclic) bond motifs is 4. The van der Waals surface area contributed by atoms with Crippen molar-refractivity contribution in [2.45, 2.75) is 46.3 Å². The topological polar surface area (TPSA) is 104 Å². The third-order valence-corrected chi connectivity index (χ3v) is 10.6. The predicted molar refractivity (Wildman–Crippen MR) is 193 cm³/mol. The molecule has 2 aromatic carbocycles. The summed E-state index contributed by atoms with van der Waals surface area (Å²) in [4.78, 5) is 37.0. The van der Waals surface area contributed by atoms with Gasteiger partial charge in [0.1, 0.15) is 23.1 Å². The zero-order valence-electron chi connectivity index (χ0n) is 29.7. The van der Waals surface area contributed by atoms with Gasteiger partial charge in [-0.15, -0.1) is 0 Å². The first-order chi connectivity index (χ1) is 24.0. The van der Waals surface area contributed by atoms with Crippen LogP contribution >= 0.6 is 0 Å². The van der Waals surface area contributed by atoms with Gasteiger partial charge in [0, 0.05) is 77.0 Å². The van der Waals surface area contributed by atoms with Crippen LogP contribution in [0.2, 0.25) is 0 Å². The molecule has 0 saturated carbocycles. The zero-order chi connectivity index (χ0) is 35.3. The van der Waals surface area contributed by atoms with E-state index in [9.17, 15) is 14.9 Å². The Labute approximate surface area is 293 Å². The molecule has 1 amide bonds. The van der Waals surface area contributed by atoms with Crippen LogP contribution in [-0.4, -0.2) is 77.1 Å². The van der Waals surface area contributed by atoms with Gasteiger partial charge in [-0.2, -0.15) is 5.26 Å². The lowest BCUT2D eigenvalue weighted by Crippen LogP contribution is -2.45. The second kappa shape index (κ2) is 13.0. The second-order valence-corrected chi connectivity index (χ2v) is 14.6. The Balaban J connectivity index is 1.08. The van der Waals surface area contributed by atoms with E-state index in [0.717, 1.165) is 78.3 Å². The van der Waals surface area contributed by atoms with Gasteiger partial charge >= 0.3 is 0 Å². The third-order valence-electron chi connectivity index (χ3n) is 10.6. The summed E-state index contributed by atoms with van der Waals surface area (Å²) in [6.45, 7) is 12.1. The number of piperazine rings is 1. The fourth-order valence-electron chi connectivity index (χ4n) is 8.12. The van der Waals surface area contributed by atoms with Crippen LogP contribution in [0.4, 0.5) is 0 Å². The van der Waals surface area contributed by atoms with Gasteiger partial charge in [-0.25, -0.2) is 0 Å². The van der Waals surface area contributed by atoms with Crippen molar-refractivity contribution < 1.29 is 14.3 Å². The van der Waals surface area contributed by atoms with E-state index >= 15 is 0 Å². The average molecular weight is 673 g/mol. The predicted octanol–water partition coefficient (Wildman–Crippen LogP) is 5.24. The lowest BCUT2D eigenvalue weighted by molar-refractivity contribution is -0.127. The Bertz CT molecular complexity index is 2110. The maximum absolute atomic E-state index is 13.2. The highest BCUT2D eigenvalue weighted by Crippen LogP contribution is 2.49. The number of carbonyl (C=O) groups is 1. The largest absolute Gasteiger partial charge is 0.496 e. The molecule has 1 fully saturated rings. The normalized spacial score (nSPS) is 18.3. The molecule has 0 aliphatic carbocycles. The van der Waals surface area contributed by atoms with Crippen LogP contribution in [0, 0.1) is 16.7 Å². The molecule has 7 rings (SSSR count). The Morgan fingerprint density at radius 1 is 0.940 bits per heavy atom. The van der Waals surface area contributed by atoms with Crippen molar-refractivity contribution in [3.05, 3.63) is 98.7 Å². The van der Waals surface area contributed by atoms with E-state index in [4.69, 9.17) is 9.47 Å². The van der Waals surface area contributed by atoms with Gasteiger partial charge in [0.15, 0.2) is 0 Å². The molecule has 2 aromatic heterocycles. The third kappa shape index (κ3) is 5.74. The number of pyridine rings is 2. The quantitative estimate of drug-likeness (QED) is 0.263. The molecule has 0 bridgehead atoms. The van der Waals surface area contributed by atoms with Gasteiger partial charge in [0.05, 0.1) is 31.2 Å². The Kier molecular flexibility index (Phi) is 8.75. The molecule has 50 heavy (non-hydrogen) atoms. The monoisotopic (exact) mass is 672 g/mol. The highest BCUT2D eigenvalue weighted by Gasteiger charge is 2.47. The van der Waals surface area contributed by atoms with E-state index in [1.165, 1.54) is 16.7 Å². The van der Waals surface area contributed by atoms with Crippen molar-refractivity contribution in [2.24, 2.45) is 12.5 Å². The lowest BCUT2D eigenvalue weighted by Gasteiger charge is -2.39. The van der Waals surface area contributed by atoms with E-state index in [1.807, 2.05) is 29.3 Å². The van der Waals surface area contributed by atoms with Crippen molar-refractivity contribution >= 4 is 16.7 Å². The van der Waals surface area contributed by atoms with E-state index in [-0.39, 0.29) is 22.9 Å². The molecule has 1 atom stereocenters. The second-order valence-electron chi connectivity index (χ2n) is 14.6. The molecule has 3 aliphatic heterocycles. The van der Waals surface area contributed by atoms with Gasteiger partial charge in [0.2, 0.25) is 0 Å². The molecule has 4 aromatic rings. The molecular formula is C40H44N6O4. The number of nitriles is 1. The number of nitrogens with zero attached hydrogens (tertiary/aromatic N) is 6. The molecule has 0 N–H and O–H groups in total. The van der Waals surface area contributed by atoms with Crippen LogP contribution in [0.25, 0.3) is 21.9 Å². The first-order valence-electron chi connectivity index (χ1n) is 17.2. The van der Waals surface area contributed by atoms with Crippen LogP contribution in [-0.2, 0) is 31.4 Å². The van der Waals surface area contributed by atoms with Gasteiger partial charge in [0.25, 0.3) is 11.5 Å². The maximum Gasteiger partial charge on any atom is 0.265 e. The Morgan fingerprint density at radius 2 is 1.62 bits per heavy atom. The number of carbonyl (C=O) groups excluding carboxylic acids is 1. The minimum Gasteiger partial charge on any atom is -0.496 e. The number of aryl methyl sites for hydroxylation is 1. The number of ether oxygens (including phenoxy) is 2. The van der Waals surface area contributed by atoms with Gasteiger partial charge in [-0.3, -0.25) is 24.4 Å². The van der Waals surface area contributed by atoms with E-state index in [1.54, 1.807) is 38.2 Å². The number of rotatable bonds is 7. The van der Waals surface area contributed by atoms with Crippen LogP contribution in [0.3, 0.4) is 0 Å². The zero-order valence-corrected chi connectivity index (χ0v) is 29.7. The molecule has 258 valence electrons. The summed E-state index contributed by atoms with van der Waals surface area (Å²) in [6.07, 6.45) is 5.98. The van der Waals surface area contributed by atoms with Crippen molar-refractivity contribution in [2.75, 3.05) is 46.9 Å². The molecule has 5 heterocycles. The fourth-order valence-corrected chi connectivity index (χ4v) is 8.12. The van der Waals surface area contributed by atoms with Crippen LogP contribution < -0.4 is 15.0 Å². The molecule has 0 radical (unpaired) electrons. The van der Waals surface area contributed by atoms with Crippen LogP contribution in [0.1, 0.15) is 49.1 Å². The standard InChI is InChI=1S/C40H44N6O4/c1-40(2,3)36-30(20-41)39(48)46-13-11-27-25(8-7-9-29(27)37(36)46)22-44-14-16-45(17-15-44)24-33-34(49-5)18-26(19-35(33)50-6)32-23-43(4)38(47)31-21-42-12-10-28(31)32/h7-10,12,18-19,21,23,37H,11,13-17,22,24H2,1-6H3/t37-/m0/s1. The van der Waals surface area contributed by atoms with Gasteiger partial charge in [-0.1, -0.05) is 39.0 Å². The maximum atomic E-state index is 13.2. The molecule has 1 saturated heterocycles. The van der Waals surface area contributed by atoms with Crippen molar-refractivity contribution in [1.82, 2.24) is 24.3 Å². The van der Waals surface area contributed by atoms with E-state index < -0.39 is 0 Å². The van der Waals surface area contributed by atoms with Gasteiger partial charge in [-0.05, 0) is 63.2 Å². The first-order valence-corrected chi connectivity index (χ1v) is 17.2. The summed E-state index contributed by atoms with van der Waals surface area (Å²) in [7, 11) is 5.13. The molecule has 10 nitrogen and oxygen atoms in total. The SMILES string of the molecule is COc1cc(-c2cn(C)c(=O)c3cnccc23)cc(OC)c1CN1CCN(Cc2cccc3c2CCN2C(=O)C(C#N)=C(C(C)(C)C)[C@H]32)CC1. The summed E-state index contributed by atoms with van der Waals surface area (Å²) < 4.78 is 13.5.